The summed E-state index contributed by atoms with van der Waals surface area (Å²) in [6, 6.07) is 5.33. The number of carbonyl (C=O) groups is 1. The minimum absolute atomic E-state index is 0.0534. The van der Waals surface area contributed by atoms with Crippen LogP contribution in [-0.4, -0.2) is 48.1 Å². The molecule has 2 N–H and O–H groups in total. The Balaban J connectivity index is 1.45. The van der Waals surface area contributed by atoms with Crippen molar-refractivity contribution in [3.63, 3.8) is 0 Å². The topological polar surface area (TPSA) is 73.4 Å². The predicted octanol–water partition coefficient (Wildman–Crippen LogP) is 4.69. The Morgan fingerprint density at radius 1 is 1.18 bits per heavy atom. The van der Waals surface area contributed by atoms with E-state index in [1.54, 1.807) is 0 Å². The average molecular weight is 477 g/mol. The van der Waals surface area contributed by atoms with Crippen molar-refractivity contribution in [2.75, 3.05) is 34.5 Å². The van der Waals surface area contributed by atoms with Gasteiger partial charge in [0.25, 0.3) is 0 Å². The Labute approximate surface area is 197 Å². The van der Waals surface area contributed by atoms with Crippen molar-refractivity contribution in [1.29, 1.82) is 0 Å². The number of nitrogens with one attached hydrogen (secondary N) is 2. The van der Waals surface area contributed by atoms with Crippen LogP contribution >= 0.6 is 0 Å². The van der Waals surface area contributed by atoms with Crippen LogP contribution in [0.3, 0.4) is 0 Å². The van der Waals surface area contributed by atoms with Gasteiger partial charge in [-0.15, -0.1) is 0 Å². The molecule has 3 atom stereocenters. The number of fused-ring (bicyclic) bond motifs is 1. The van der Waals surface area contributed by atoms with Gasteiger partial charge in [0, 0.05) is 31.9 Å². The normalized spacial score (nSPS) is 22.6. The third-order valence-corrected chi connectivity index (χ3v) is 6.86. The van der Waals surface area contributed by atoms with Gasteiger partial charge in [-0.2, -0.15) is 18.2 Å². The molecule has 2 aliphatic rings. The average Bonchev–Trinajstić information content (AvgIpc) is 3.22. The number of nitrogens with zero attached hydrogens (tertiary/aromatic N) is 4. The van der Waals surface area contributed by atoms with Crippen LogP contribution in [0.5, 0.6) is 0 Å². The fourth-order valence-electron chi connectivity index (χ4n) is 5.00. The minimum atomic E-state index is -4.33. The first-order chi connectivity index (χ1) is 16.0. The largest absolute Gasteiger partial charge is 0.416 e. The van der Waals surface area contributed by atoms with Gasteiger partial charge in [0.1, 0.15) is 11.7 Å². The molecule has 0 bridgehead atoms. The standard InChI is InChI=1S/C24H31F3N6O/c1-13(2)20-22(34)30-19-14(3)28-23(31-21(19)33(20)5)29-16-8-11-18(12-16)32(4)17-9-6-15(7-10-17)24(25,26)27/h6-7,9-10,13,16,18,20H,8,11-12H2,1-5H3,(H,30,34)(H,28,29,31)/t16-,18+,20+/m1/s1. The molecule has 1 aliphatic carbocycles. The van der Waals surface area contributed by atoms with Crippen molar-refractivity contribution >= 4 is 29.0 Å². The Hall–Kier alpha value is -3.04. The molecule has 0 spiro atoms. The lowest BCUT2D eigenvalue weighted by atomic mass is 9.99. The number of aromatic nitrogens is 2. The summed E-state index contributed by atoms with van der Waals surface area (Å²) in [5.41, 5.74) is 1.46. The van der Waals surface area contributed by atoms with Crippen molar-refractivity contribution in [2.45, 2.75) is 64.3 Å². The molecule has 4 rings (SSSR count). The summed E-state index contributed by atoms with van der Waals surface area (Å²) in [5, 5.41) is 6.39. The van der Waals surface area contributed by atoms with E-state index in [0.717, 1.165) is 37.1 Å². The zero-order valence-corrected chi connectivity index (χ0v) is 20.1. The number of carbonyl (C=O) groups excluding carboxylic acids is 1. The second-order valence-electron chi connectivity index (χ2n) is 9.58. The van der Waals surface area contributed by atoms with Crippen molar-refractivity contribution in [2.24, 2.45) is 5.92 Å². The van der Waals surface area contributed by atoms with E-state index in [9.17, 15) is 18.0 Å². The van der Waals surface area contributed by atoms with Gasteiger partial charge >= 0.3 is 6.18 Å². The quantitative estimate of drug-likeness (QED) is 0.653. The van der Waals surface area contributed by atoms with Crippen LogP contribution in [0.15, 0.2) is 24.3 Å². The molecule has 1 saturated carbocycles. The number of benzene rings is 1. The van der Waals surface area contributed by atoms with Crippen LogP contribution in [0.4, 0.5) is 36.3 Å². The summed E-state index contributed by atoms with van der Waals surface area (Å²) >= 11 is 0. The molecule has 7 nitrogen and oxygen atoms in total. The number of hydrogen-bond acceptors (Lipinski definition) is 6. The van der Waals surface area contributed by atoms with E-state index >= 15 is 0 Å². The molecular formula is C24H31F3N6O. The van der Waals surface area contributed by atoms with Gasteiger partial charge in [-0.25, -0.2) is 4.98 Å². The Morgan fingerprint density at radius 2 is 1.85 bits per heavy atom. The number of anilines is 4. The van der Waals surface area contributed by atoms with E-state index in [-0.39, 0.29) is 30.0 Å². The molecule has 184 valence electrons. The first-order valence-electron chi connectivity index (χ1n) is 11.5. The number of likely N-dealkylation sites (N-methyl/N-ethyl adjacent to an activating group) is 1. The zero-order chi connectivity index (χ0) is 24.8. The molecule has 1 aromatic carbocycles. The van der Waals surface area contributed by atoms with E-state index in [2.05, 4.69) is 15.6 Å². The van der Waals surface area contributed by atoms with Crippen LogP contribution in [0.1, 0.15) is 44.4 Å². The predicted molar refractivity (Wildman–Crippen MR) is 127 cm³/mol. The highest BCUT2D eigenvalue weighted by atomic mass is 19.4. The summed E-state index contributed by atoms with van der Waals surface area (Å²) in [7, 11) is 3.79. The highest BCUT2D eigenvalue weighted by molar-refractivity contribution is 6.03. The molecule has 1 fully saturated rings. The molecule has 2 aromatic rings. The lowest BCUT2D eigenvalue weighted by molar-refractivity contribution is -0.137. The van der Waals surface area contributed by atoms with Gasteiger partial charge in [-0.05, 0) is 56.4 Å². The van der Waals surface area contributed by atoms with Crippen molar-refractivity contribution < 1.29 is 18.0 Å². The fraction of sp³-hybridized carbons (Fsp3) is 0.542. The maximum absolute atomic E-state index is 12.9. The lowest BCUT2D eigenvalue weighted by Gasteiger charge is -2.37. The second-order valence-corrected chi connectivity index (χ2v) is 9.58. The number of hydrogen-bond donors (Lipinski definition) is 2. The molecule has 0 saturated heterocycles. The van der Waals surface area contributed by atoms with Gasteiger partial charge in [-0.3, -0.25) is 4.79 Å². The molecular weight excluding hydrogens is 445 g/mol. The molecule has 34 heavy (non-hydrogen) atoms. The summed E-state index contributed by atoms with van der Waals surface area (Å²) < 4.78 is 38.6. The second kappa shape index (κ2) is 8.96. The maximum Gasteiger partial charge on any atom is 0.416 e. The Morgan fingerprint density at radius 3 is 2.47 bits per heavy atom. The molecule has 10 heteroatoms. The zero-order valence-electron chi connectivity index (χ0n) is 20.1. The van der Waals surface area contributed by atoms with Crippen LogP contribution in [0.25, 0.3) is 0 Å². The SMILES string of the molecule is Cc1nc(N[C@@H]2CC[C@H](N(C)c3ccc(C(F)(F)F)cc3)C2)nc2c1NC(=O)[C@H](C(C)C)N2C. The Kier molecular flexibility index (Phi) is 6.35. The number of halogens is 3. The van der Waals surface area contributed by atoms with Gasteiger partial charge in [0.2, 0.25) is 11.9 Å². The summed E-state index contributed by atoms with van der Waals surface area (Å²) in [5.74, 6) is 1.29. The minimum Gasteiger partial charge on any atom is -0.372 e. The van der Waals surface area contributed by atoms with Crippen LogP contribution < -0.4 is 20.4 Å². The third kappa shape index (κ3) is 4.63. The lowest BCUT2D eigenvalue weighted by Crippen LogP contribution is -2.49. The number of rotatable bonds is 5. The van der Waals surface area contributed by atoms with E-state index in [0.29, 0.717) is 23.1 Å². The first-order valence-corrected chi connectivity index (χ1v) is 11.5. The van der Waals surface area contributed by atoms with E-state index in [4.69, 9.17) is 4.98 Å². The van der Waals surface area contributed by atoms with E-state index in [1.165, 1.54) is 12.1 Å². The van der Waals surface area contributed by atoms with Gasteiger partial charge in [-0.1, -0.05) is 13.8 Å². The molecule has 0 unspecified atom stereocenters. The van der Waals surface area contributed by atoms with E-state index in [1.807, 2.05) is 44.7 Å². The smallest absolute Gasteiger partial charge is 0.372 e. The summed E-state index contributed by atoms with van der Waals surface area (Å²) in [6.07, 6.45) is -1.71. The number of aryl methyl sites for hydroxylation is 1. The molecule has 0 radical (unpaired) electrons. The van der Waals surface area contributed by atoms with Crippen LogP contribution in [0, 0.1) is 12.8 Å². The van der Waals surface area contributed by atoms with Gasteiger partial charge in [0.05, 0.1) is 11.3 Å². The van der Waals surface area contributed by atoms with Crippen LogP contribution in [0.2, 0.25) is 0 Å². The fourth-order valence-corrected chi connectivity index (χ4v) is 5.00. The Bertz CT molecular complexity index is 1060. The summed E-state index contributed by atoms with van der Waals surface area (Å²) in [6.45, 7) is 5.86. The van der Waals surface area contributed by atoms with E-state index < -0.39 is 11.7 Å². The molecule has 2 heterocycles. The van der Waals surface area contributed by atoms with Crippen molar-refractivity contribution in [3.05, 3.63) is 35.5 Å². The van der Waals surface area contributed by atoms with Gasteiger partial charge in [0.15, 0.2) is 5.82 Å². The number of amides is 1. The monoisotopic (exact) mass is 476 g/mol. The van der Waals surface area contributed by atoms with Gasteiger partial charge < -0.3 is 20.4 Å². The molecule has 1 aromatic heterocycles. The van der Waals surface area contributed by atoms with Crippen LogP contribution in [-0.2, 0) is 11.0 Å². The highest BCUT2D eigenvalue weighted by Gasteiger charge is 2.36. The maximum atomic E-state index is 12.9. The summed E-state index contributed by atoms with van der Waals surface area (Å²) in [4.78, 5) is 25.8. The molecule has 1 aliphatic heterocycles. The highest BCUT2D eigenvalue weighted by Crippen LogP contribution is 2.36. The number of alkyl halides is 3. The third-order valence-electron chi connectivity index (χ3n) is 6.86. The van der Waals surface area contributed by atoms with Crippen molar-refractivity contribution in [1.82, 2.24) is 9.97 Å². The first kappa shape index (κ1) is 24.1. The van der Waals surface area contributed by atoms with Crippen molar-refractivity contribution in [3.8, 4) is 0 Å². The molecule has 1 amide bonds.